The number of hydrogen-bond donors (Lipinski definition) is 2. The van der Waals surface area contributed by atoms with Gasteiger partial charge in [0.2, 0.25) is 5.91 Å². The maximum Gasteiger partial charge on any atom is 0.321 e. The zero-order valence-corrected chi connectivity index (χ0v) is 17.7. The molecule has 1 fully saturated rings. The standard InChI is InChI=1S/C24H31N3O3/c1-19-9-4-5-10-22(19)30-18-8-11-23(28)25-20-12-14-21(15-13-20)26-24(29)27-16-6-2-3-7-17-27/h4-5,9-10,12-15H,2-3,6-8,11,16-18H2,1H3,(H,25,28)(H,26,29). The van der Waals surface area contributed by atoms with Crippen LogP contribution < -0.4 is 15.4 Å². The van der Waals surface area contributed by atoms with Crippen molar-refractivity contribution < 1.29 is 14.3 Å². The summed E-state index contributed by atoms with van der Waals surface area (Å²) in [6.07, 6.45) is 5.54. The van der Waals surface area contributed by atoms with E-state index in [1.54, 1.807) is 12.1 Å². The largest absolute Gasteiger partial charge is 0.493 e. The van der Waals surface area contributed by atoms with Crippen LogP contribution in [0.3, 0.4) is 0 Å². The fraction of sp³-hybridized carbons (Fsp3) is 0.417. The molecule has 0 aromatic heterocycles. The first-order chi connectivity index (χ1) is 14.6. The highest BCUT2D eigenvalue weighted by atomic mass is 16.5. The first-order valence-electron chi connectivity index (χ1n) is 10.8. The first-order valence-corrected chi connectivity index (χ1v) is 10.8. The summed E-state index contributed by atoms with van der Waals surface area (Å²) in [5.74, 6) is 0.806. The van der Waals surface area contributed by atoms with Gasteiger partial charge in [0.25, 0.3) is 0 Å². The van der Waals surface area contributed by atoms with E-state index in [-0.39, 0.29) is 11.9 Å². The fourth-order valence-electron chi connectivity index (χ4n) is 3.47. The number of rotatable bonds is 7. The van der Waals surface area contributed by atoms with Gasteiger partial charge in [-0.15, -0.1) is 0 Å². The molecule has 30 heavy (non-hydrogen) atoms. The maximum absolute atomic E-state index is 12.4. The molecule has 1 aliphatic rings. The number of aryl methyl sites for hydroxylation is 1. The van der Waals surface area contributed by atoms with Gasteiger partial charge in [-0.1, -0.05) is 31.0 Å². The summed E-state index contributed by atoms with van der Waals surface area (Å²) in [6.45, 7) is 4.13. The van der Waals surface area contributed by atoms with Gasteiger partial charge in [-0.25, -0.2) is 4.79 Å². The molecule has 3 rings (SSSR count). The molecule has 6 heteroatoms. The van der Waals surface area contributed by atoms with Gasteiger partial charge in [-0.2, -0.15) is 0 Å². The van der Waals surface area contributed by atoms with E-state index in [0.29, 0.717) is 25.1 Å². The summed E-state index contributed by atoms with van der Waals surface area (Å²) in [5, 5.41) is 5.83. The van der Waals surface area contributed by atoms with Crippen LogP contribution in [0.5, 0.6) is 5.75 Å². The number of urea groups is 1. The lowest BCUT2D eigenvalue weighted by Crippen LogP contribution is -2.35. The maximum atomic E-state index is 12.4. The van der Waals surface area contributed by atoms with Gasteiger partial charge in [0, 0.05) is 30.9 Å². The minimum atomic E-state index is -0.0534. The van der Waals surface area contributed by atoms with Crippen molar-refractivity contribution >= 4 is 23.3 Å². The van der Waals surface area contributed by atoms with Crippen molar-refractivity contribution in [1.29, 1.82) is 0 Å². The molecular weight excluding hydrogens is 378 g/mol. The quantitative estimate of drug-likeness (QED) is 0.618. The van der Waals surface area contributed by atoms with Crippen LogP contribution in [0.1, 0.15) is 44.1 Å². The average Bonchev–Trinajstić information content (AvgIpc) is 3.03. The molecule has 0 bridgehead atoms. The first kappa shape index (κ1) is 21.7. The Morgan fingerprint density at radius 3 is 2.20 bits per heavy atom. The predicted molar refractivity (Wildman–Crippen MR) is 120 cm³/mol. The smallest absolute Gasteiger partial charge is 0.321 e. The number of benzene rings is 2. The van der Waals surface area contributed by atoms with Gasteiger partial charge in [0.15, 0.2) is 0 Å². The Morgan fingerprint density at radius 1 is 0.900 bits per heavy atom. The average molecular weight is 410 g/mol. The summed E-state index contributed by atoms with van der Waals surface area (Å²) in [4.78, 5) is 26.4. The third-order valence-corrected chi connectivity index (χ3v) is 5.21. The highest BCUT2D eigenvalue weighted by Crippen LogP contribution is 2.18. The van der Waals surface area contributed by atoms with Crippen LogP contribution in [0.2, 0.25) is 0 Å². The Morgan fingerprint density at radius 2 is 1.53 bits per heavy atom. The molecule has 160 valence electrons. The van der Waals surface area contributed by atoms with Gasteiger partial charge in [0.05, 0.1) is 6.61 Å². The number of hydrogen-bond acceptors (Lipinski definition) is 3. The van der Waals surface area contributed by atoms with Crippen LogP contribution in [0.25, 0.3) is 0 Å². The molecule has 2 N–H and O–H groups in total. The summed E-state index contributed by atoms with van der Waals surface area (Å²) in [7, 11) is 0. The molecular formula is C24H31N3O3. The lowest BCUT2D eigenvalue weighted by molar-refractivity contribution is -0.116. The molecule has 6 nitrogen and oxygen atoms in total. The van der Waals surface area contributed by atoms with E-state index in [1.807, 2.05) is 48.2 Å². The number of anilines is 2. The third-order valence-electron chi connectivity index (χ3n) is 5.21. The van der Waals surface area contributed by atoms with Crippen LogP contribution in [-0.4, -0.2) is 36.5 Å². The lowest BCUT2D eigenvalue weighted by atomic mass is 10.2. The summed E-state index contributed by atoms with van der Waals surface area (Å²) in [6, 6.07) is 15.0. The zero-order chi connectivity index (χ0) is 21.2. The molecule has 0 spiro atoms. The minimum Gasteiger partial charge on any atom is -0.493 e. The summed E-state index contributed by atoms with van der Waals surface area (Å²) in [5.41, 5.74) is 2.53. The number of ether oxygens (including phenoxy) is 1. The van der Waals surface area contributed by atoms with Crippen LogP contribution >= 0.6 is 0 Å². The Kier molecular flexibility index (Phi) is 8.12. The van der Waals surface area contributed by atoms with Crippen LogP contribution in [-0.2, 0) is 4.79 Å². The van der Waals surface area contributed by atoms with Crippen molar-refractivity contribution in [3.8, 4) is 5.75 Å². The Balaban J connectivity index is 1.38. The summed E-state index contributed by atoms with van der Waals surface area (Å²) >= 11 is 0. The second kappa shape index (κ2) is 11.2. The van der Waals surface area contributed by atoms with Gasteiger partial charge in [0.1, 0.15) is 5.75 Å². The molecule has 2 aromatic rings. The Labute approximate surface area is 178 Å². The van der Waals surface area contributed by atoms with E-state index in [0.717, 1.165) is 42.9 Å². The molecule has 1 heterocycles. The van der Waals surface area contributed by atoms with Crippen molar-refractivity contribution in [2.75, 3.05) is 30.3 Å². The number of carbonyl (C=O) groups is 2. The molecule has 0 radical (unpaired) electrons. The van der Waals surface area contributed by atoms with Crippen molar-refractivity contribution in [3.05, 3.63) is 54.1 Å². The minimum absolute atomic E-state index is 0.0512. The third kappa shape index (κ3) is 6.79. The van der Waals surface area contributed by atoms with Gasteiger partial charge >= 0.3 is 6.03 Å². The lowest BCUT2D eigenvalue weighted by Gasteiger charge is -2.20. The molecule has 3 amide bonds. The van der Waals surface area contributed by atoms with Gasteiger partial charge < -0.3 is 20.3 Å². The number of nitrogens with zero attached hydrogens (tertiary/aromatic N) is 1. The van der Waals surface area contributed by atoms with E-state index in [1.165, 1.54) is 12.8 Å². The topological polar surface area (TPSA) is 70.7 Å². The molecule has 1 saturated heterocycles. The highest BCUT2D eigenvalue weighted by Gasteiger charge is 2.15. The van der Waals surface area contributed by atoms with E-state index in [2.05, 4.69) is 10.6 Å². The zero-order valence-electron chi connectivity index (χ0n) is 17.7. The molecule has 1 aliphatic heterocycles. The van der Waals surface area contributed by atoms with E-state index in [9.17, 15) is 9.59 Å². The fourth-order valence-corrected chi connectivity index (χ4v) is 3.47. The number of para-hydroxylation sites is 1. The SMILES string of the molecule is Cc1ccccc1OCCCC(=O)Nc1ccc(NC(=O)N2CCCCCC2)cc1. The highest BCUT2D eigenvalue weighted by molar-refractivity contribution is 5.92. The molecule has 2 aromatic carbocycles. The predicted octanol–water partition coefficient (Wildman–Crippen LogP) is 5.20. The van der Waals surface area contributed by atoms with E-state index in [4.69, 9.17) is 4.74 Å². The molecule has 0 atom stereocenters. The number of carbonyl (C=O) groups excluding carboxylic acids is 2. The molecule has 0 unspecified atom stereocenters. The molecule has 0 aliphatic carbocycles. The second-order valence-electron chi connectivity index (χ2n) is 7.67. The van der Waals surface area contributed by atoms with Crippen molar-refractivity contribution in [1.82, 2.24) is 4.90 Å². The Bertz CT molecular complexity index is 828. The van der Waals surface area contributed by atoms with Crippen LogP contribution in [0, 0.1) is 6.92 Å². The second-order valence-corrected chi connectivity index (χ2v) is 7.67. The van der Waals surface area contributed by atoms with E-state index >= 15 is 0 Å². The summed E-state index contributed by atoms with van der Waals surface area (Å²) < 4.78 is 5.72. The monoisotopic (exact) mass is 409 g/mol. The van der Waals surface area contributed by atoms with Crippen molar-refractivity contribution in [2.24, 2.45) is 0 Å². The van der Waals surface area contributed by atoms with Crippen LogP contribution in [0.15, 0.2) is 48.5 Å². The number of likely N-dealkylation sites (tertiary alicyclic amines) is 1. The molecule has 0 saturated carbocycles. The van der Waals surface area contributed by atoms with Crippen LogP contribution in [0.4, 0.5) is 16.2 Å². The van der Waals surface area contributed by atoms with E-state index < -0.39 is 0 Å². The van der Waals surface area contributed by atoms with Crippen molar-refractivity contribution in [2.45, 2.75) is 45.4 Å². The Hall–Kier alpha value is -3.02. The van der Waals surface area contributed by atoms with Crippen molar-refractivity contribution in [3.63, 3.8) is 0 Å². The normalized spacial score (nSPS) is 14.0. The number of nitrogens with one attached hydrogen (secondary N) is 2. The number of amides is 3. The van der Waals surface area contributed by atoms with Gasteiger partial charge in [-0.3, -0.25) is 4.79 Å². The van der Waals surface area contributed by atoms with Gasteiger partial charge in [-0.05, 0) is 62.1 Å².